The van der Waals surface area contributed by atoms with Gasteiger partial charge in [0.05, 0.1) is 41.8 Å². The fourth-order valence-electron chi connectivity index (χ4n) is 3.84. The number of pyridine rings is 1. The summed E-state index contributed by atoms with van der Waals surface area (Å²) in [4.78, 5) is 24.7. The third-order valence-electron chi connectivity index (χ3n) is 6.00. The van der Waals surface area contributed by atoms with Gasteiger partial charge in [-0.05, 0) is 43.4 Å². The van der Waals surface area contributed by atoms with Crippen molar-refractivity contribution in [3.8, 4) is 22.9 Å². The highest BCUT2D eigenvalue weighted by atomic mass is 35.5. The third kappa shape index (κ3) is 6.28. The molecule has 35 heavy (non-hydrogen) atoms. The van der Waals surface area contributed by atoms with E-state index < -0.39 is 11.9 Å². The Morgan fingerprint density at radius 1 is 1.23 bits per heavy atom. The number of hydrogen-bond acceptors (Lipinski definition) is 6. The number of benzene rings is 1. The zero-order chi connectivity index (χ0) is 24.9. The normalized spacial score (nSPS) is 16.7. The Hall–Kier alpha value is -3.19. The minimum atomic E-state index is -0.806. The topological polar surface area (TPSA) is 94.4 Å². The van der Waals surface area contributed by atoms with Crippen LogP contribution in [0.4, 0.5) is 0 Å². The largest absolute Gasteiger partial charge is 0.484 e. The summed E-state index contributed by atoms with van der Waals surface area (Å²) in [6, 6.07) is 7.68. The monoisotopic (exact) mass is 495 g/mol. The average molecular weight is 496 g/mol. The zero-order valence-corrected chi connectivity index (χ0v) is 21.0. The molecule has 7 nitrogen and oxygen atoms in total. The number of halogens is 1. The Labute approximate surface area is 210 Å². The Kier molecular flexibility index (Phi) is 7.86. The number of aryl methyl sites for hydroxylation is 2. The van der Waals surface area contributed by atoms with Crippen LogP contribution in [0.15, 0.2) is 36.7 Å². The number of carboxylic acids is 1. The number of rotatable bonds is 6. The molecule has 0 saturated heterocycles. The van der Waals surface area contributed by atoms with Gasteiger partial charge in [0.1, 0.15) is 17.5 Å². The fourth-order valence-corrected chi connectivity index (χ4v) is 4.04. The molecule has 3 heterocycles. The van der Waals surface area contributed by atoms with Gasteiger partial charge in [0, 0.05) is 11.6 Å². The molecule has 1 saturated carbocycles. The number of hydrogen-bond donors (Lipinski definition) is 1. The summed E-state index contributed by atoms with van der Waals surface area (Å²) >= 11 is 6.31. The quantitative estimate of drug-likeness (QED) is 0.447. The Morgan fingerprint density at radius 3 is 2.66 bits per heavy atom. The zero-order valence-electron chi connectivity index (χ0n) is 20.3. The Morgan fingerprint density at radius 2 is 2.00 bits per heavy atom. The molecule has 5 rings (SSSR count). The van der Waals surface area contributed by atoms with E-state index in [1.54, 1.807) is 26.3 Å². The molecule has 0 amide bonds. The molecule has 184 valence electrons. The first-order chi connectivity index (χ1) is 16.9. The van der Waals surface area contributed by atoms with Gasteiger partial charge in [-0.15, -0.1) is 0 Å². The summed E-state index contributed by atoms with van der Waals surface area (Å²) < 4.78 is 11.5. The molecule has 1 aliphatic carbocycles. The van der Waals surface area contributed by atoms with E-state index in [-0.39, 0.29) is 6.10 Å². The minimum Gasteiger partial charge on any atom is -0.484 e. The predicted octanol–water partition coefficient (Wildman–Crippen LogP) is 6.01. The van der Waals surface area contributed by atoms with Gasteiger partial charge in [-0.1, -0.05) is 49.9 Å². The van der Waals surface area contributed by atoms with Gasteiger partial charge >= 0.3 is 5.97 Å². The maximum absolute atomic E-state index is 11.2. The van der Waals surface area contributed by atoms with E-state index in [1.807, 2.05) is 25.1 Å². The van der Waals surface area contributed by atoms with Crippen LogP contribution in [0, 0.1) is 12.8 Å². The second-order valence-corrected chi connectivity index (χ2v) is 9.43. The molecule has 1 aromatic carbocycles. The smallest absolute Gasteiger partial charge is 0.306 e. The molecule has 8 heteroatoms. The number of fused-ring (bicyclic) bond motifs is 1. The summed E-state index contributed by atoms with van der Waals surface area (Å²) in [5.41, 5.74) is 4.94. The highest BCUT2D eigenvalue weighted by Crippen LogP contribution is 2.37. The highest BCUT2D eigenvalue weighted by molar-refractivity contribution is 6.33. The molecule has 2 unspecified atom stereocenters. The molecule has 1 aliphatic heterocycles. The lowest BCUT2D eigenvalue weighted by atomic mass is 9.95. The number of aromatic nitrogens is 3. The number of carboxylic acid groups (broad SMARTS) is 1. The van der Waals surface area contributed by atoms with Crippen molar-refractivity contribution in [3.63, 3.8) is 0 Å². The molecule has 2 aromatic heterocycles. The first-order valence-corrected chi connectivity index (χ1v) is 12.3. The molecule has 0 spiro atoms. The van der Waals surface area contributed by atoms with E-state index in [9.17, 15) is 9.90 Å². The average Bonchev–Trinajstić information content (AvgIpc) is 3.73. The van der Waals surface area contributed by atoms with E-state index in [0.717, 1.165) is 41.1 Å². The van der Waals surface area contributed by atoms with Crippen molar-refractivity contribution in [2.75, 3.05) is 7.11 Å². The van der Waals surface area contributed by atoms with Gasteiger partial charge in [-0.25, -0.2) is 9.97 Å². The fraction of sp³-hybridized carbons (Fsp3) is 0.407. The van der Waals surface area contributed by atoms with Gasteiger partial charge < -0.3 is 14.6 Å². The van der Waals surface area contributed by atoms with Crippen LogP contribution in [0.2, 0.25) is 5.02 Å². The second-order valence-electron chi connectivity index (χ2n) is 9.02. The van der Waals surface area contributed by atoms with Crippen LogP contribution in [0.25, 0.3) is 11.3 Å². The van der Waals surface area contributed by atoms with Crippen molar-refractivity contribution in [1.82, 2.24) is 15.0 Å². The van der Waals surface area contributed by atoms with Gasteiger partial charge in [-0.2, -0.15) is 0 Å². The first kappa shape index (κ1) is 24.9. The van der Waals surface area contributed by atoms with Crippen molar-refractivity contribution in [2.24, 2.45) is 5.92 Å². The Balaban J connectivity index is 0.000000894. The second kappa shape index (κ2) is 11.0. The molecule has 0 bridgehead atoms. The standard InChI is InChI=1S/C24H24ClN3O4.C3H6/c1-13(24(29)30)8-15-4-5-16-6-7-20(32-21(16)9-15)23-14(2)28-19(12-27-23)17-10-22(31-3)26-11-18(17)25;1-2-3-1/h4-5,9-13,20H,6-8H2,1-3H3,(H,29,30);1-3H2. The molecular weight excluding hydrogens is 466 g/mol. The van der Waals surface area contributed by atoms with E-state index in [2.05, 4.69) is 9.97 Å². The number of carbonyl (C=O) groups is 1. The molecule has 2 atom stereocenters. The van der Waals surface area contributed by atoms with Gasteiger partial charge in [0.25, 0.3) is 0 Å². The maximum atomic E-state index is 11.2. The van der Waals surface area contributed by atoms with Crippen LogP contribution in [-0.2, 0) is 17.6 Å². The third-order valence-corrected chi connectivity index (χ3v) is 6.30. The molecular formula is C27H30ClN3O4. The van der Waals surface area contributed by atoms with Crippen molar-refractivity contribution in [3.05, 3.63) is 64.2 Å². The molecule has 1 N–H and O–H groups in total. The van der Waals surface area contributed by atoms with Crippen LogP contribution in [-0.4, -0.2) is 33.1 Å². The van der Waals surface area contributed by atoms with Gasteiger partial charge in [-0.3, -0.25) is 9.78 Å². The predicted molar refractivity (Wildman–Crippen MR) is 134 cm³/mol. The van der Waals surface area contributed by atoms with Crippen molar-refractivity contribution in [2.45, 2.75) is 58.5 Å². The summed E-state index contributed by atoms with van der Waals surface area (Å²) in [6.07, 6.45) is 9.60. The van der Waals surface area contributed by atoms with Gasteiger partial charge in [0.2, 0.25) is 5.88 Å². The van der Waals surface area contributed by atoms with E-state index in [4.69, 9.17) is 26.1 Å². The van der Waals surface area contributed by atoms with Crippen LogP contribution in [0.3, 0.4) is 0 Å². The first-order valence-electron chi connectivity index (χ1n) is 11.9. The summed E-state index contributed by atoms with van der Waals surface area (Å²) in [5.74, 6) is -0.0251. The minimum absolute atomic E-state index is 0.223. The molecule has 2 aliphatic rings. The lowest BCUT2D eigenvalue weighted by Gasteiger charge is -2.27. The van der Waals surface area contributed by atoms with Gasteiger partial charge in [0.15, 0.2) is 0 Å². The number of aliphatic carboxylic acids is 1. The summed E-state index contributed by atoms with van der Waals surface area (Å²) in [7, 11) is 1.55. The van der Waals surface area contributed by atoms with Crippen molar-refractivity contribution < 1.29 is 19.4 Å². The van der Waals surface area contributed by atoms with Crippen LogP contribution in [0.5, 0.6) is 11.6 Å². The van der Waals surface area contributed by atoms with E-state index >= 15 is 0 Å². The van der Waals surface area contributed by atoms with Crippen LogP contribution in [0.1, 0.15) is 61.2 Å². The van der Waals surface area contributed by atoms with E-state index in [1.165, 1.54) is 25.5 Å². The van der Waals surface area contributed by atoms with Crippen molar-refractivity contribution >= 4 is 17.6 Å². The maximum Gasteiger partial charge on any atom is 0.306 e. The Bertz CT molecular complexity index is 1210. The van der Waals surface area contributed by atoms with Crippen molar-refractivity contribution in [1.29, 1.82) is 0 Å². The number of methoxy groups -OCH3 is 1. The molecule has 1 fully saturated rings. The number of ether oxygens (including phenoxy) is 2. The summed E-state index contributed by atoms with van der Waals surface area (Å²) in [5, 5.41) is 9.66. The lowest BCUT2D eigenvalue weighted by Crippen LogP contribution is -2.19. The molecule has 0 radical (unpaired) electrons. The van der Waals surface area contributed by atoms with Crippen LogP contribution >= 0.6 is 11.6 Å². The lowest BCUT2D eigenvalue weighted by molar-refractivity contribution is -0.141. The number of nitrogens with zero attached hydrogens (tertiary/aromatic N) is 3. The molecule has 3 aromatic rings. The summed E-state index contributed by atoms with van der Waals surface area (Å²) in [6.45, 7) is 3.61. The van der Waals surface area contributed by atoms with Crippen LogP contribution < -0.4 is 9.47 Å². The van der Waals surface area contributed by atoms with E-state index in [0.29, 0.717) is 28.6 Å². The SMILES string of the molecule is C1CC1.COc1cc(-c2cnc(C3CCc4ccc(CC(C)C(=O)O)cc4O3)c(C)n2)c(Cl)cn1. The highest BCUT2D eigenvalue weighted by Gasteiger charge is 2.25.